The molecule has 0 saturated carbocycles. The second kappa shape index (κ2) is 9.03. The van der Waals surface area contributed by atoms with Gasteiger partial charge in [-0.25, -0.2) is 4.98 Å². The van der Waals surface area contributed by atoms with Crippen LogP contribution in [0.5, 0.6) is 0 Å². The van der Waals surface area contributed by atoms with Crippen LogP contribution in [0.15, 0.2) is 60.7 Å². The molecule has 34 heavy (non-hydrogen) atoms. The van der Waals surface area contributed by atoms with Crippen molar-refractivity contribution in [2.75, 3.05) is 4.90 Å². The van der Waals surface area contributed by atoms with Crippen LogP contribution in [0.1, 0.15) is 22.5 Å². The first-order chi connectivity index (χ1) is 15.9. The second-order valence-electron chi connectivity index (χ2n) is 7.56. The van der Waals surface area contributed by atoms with Gasteiger partial charge in [0.05, 0.1) is 28.7 Å². The van der Waals surface area contributed by atoms with Gasteiger partial charge in [-0.2, -0.15) is 26.3 Å². The average molecular weight is 518 g/mol. The van der Waals surface area contributed by atoms with Crippen LogP contribution in [0.4, 0.5) is 32.0 Å². The topological polar surface area (TPSA) is 31.9 Å². The molecule has 0 spiro atoms. The van der Waals surface area contributed by atoms with Gasteiger partial charge in [0.15, 0.2) is 0 Å². The number of nitrogens with one attached hydrogen (secondary N) is 1. The number of hydrogen-bond acceptors (Lipinski definition) is 2. The Morgan fingerprint density at radius 1 is 0.794 bits per heavy atom. The highest BCUT2D eigenvalue weighted by Crippen LogP contribution is 2.39. The van der Waals surface area contributed by atoms with Crippen molar-refractivity contribution >= 4 is 39.9 Å². The van der Waals surface area contributed by atoms with E-state index >= 15 is 0 Å². The molecule has 3 aromatic carbocycles. The van der Waals surface area contributed by atoms with E-state index in [0.29, 0.717) is 39.6 Å². The fourth-order valence-corrected chi connectivity index (χ4v) is 3.94. The molecule has 4 rings (SSSR count). The van der Waals surface area contributed by atoms with E-state index in [4.69, 9.17) is 23.2 Å². The summed E-state index contributed by atoms with van der Waals surface area (Å²) in [5, 5.41) is 0.570. The van der Waals surface area contributed by atoms with E-state index in [1.54, 1.807) is 30.3 Å². The van der Waals surface area contributed by atoms with Gasteiger partial charge in [-0.05, 0) is 48.0 Å². The van der Waals surface area contributed by atoms with E-state index in [1.807, 2.05) is 0 Å². The minimum Gasteiger partial charge on any atom is -0.360 e. The van der Waals surface area contributed by atoms with Crippen molar-refractivity contribution < 1.29 is 26.3 Å². The zero-order chi connectivity index (χ0) is 24.7. The summed E-state index contributed by atoms with van der Waals surface area (Å²) in [6.45, 7) is -0.197. The summed E-state index contributed by atoms with van der Waals surface area (Å²) in [5.41, 5.74) is -1.34. The highest BCUT2D eigenvalue weighted by atomic mass is 35.5. The minimum atomic E-state index is -4.97. The van der Waals surface area contributed by atoms with Crippen LogP contribution in [0, 0.1) is 0 Å². The van der Waals surface area contributed by atoms with Gasteiger partial charge in [0.25, 0.3) is 0 Å². The van der Waals surface area contributed by atoms with Crippen molar-refractivity contribution in [2.45, 2.75) is 25.4 Å². The number of benzene rings is 3. The van der Waals surface area contributed by atoms with Gasteiger partial charge in [-0.3, -0.25) is 0 Å². The van der Waals surface area contributed by atoms with Crippen LogP contribution in [-0.2, 0) is 25.4 Å². The third-order valence-electron chi connectivity index (χ3n) is 5.09. The SMILES string of the molecule is FC(F)(F)c1cc(N(Cc2nc3ccccc3[nH]2)Cc2ccc(Cl)cc2Cl)cc(C(F)(F)F)c1. The lowest BCUT2D eigenvalue weighted by molar-refractivity contribution is -0.143. The molecular formula is C23H15Cl2F6N3. The van der Waals surface area contributed by atoms with Crippen LogP contribution in [0.2, 0.25) is 10.0 Å². The standard InChI is InChI=1S/C23H15Cl2F6N3/c24-16-6-5-13(18(25)10-16)11-34(12-21-32-19-3-1-2-4-20(19)33-21)17-8-14(22(26,27)28)7-15(9-17)23(29,30)31/h1-10H,11-12H2,(H,32,33). The van der Waals surface area contributed by atoms with Crippen LogP contribution < -0.4 is 4.90 Å². The third kappa shape index (κ3) is 5.42. The summed E-state index contributed by atoms with van der Waals surface area (Å²) >= 11 is 12.2. The first kappa shape index (κ1) is 24.2. The summed E-state index contributed by atoms with van der Waals surface area (Å²) in [7, 11) is 0. The van der Waals surface area contributed by atoms with Crippen molar-refractivity contribution in [2.24, 2.45) is 0 Å². The highest BCUT2D eigenvalue weighted by Gasteiger charge is 2.37. The maximum Gasteiger partial charge on any atom is 0.416 e. The summed E-state index contributed by atoms with van der Waals surface area (Å²) in [4.78, 5) is 8.79. The van der Waals surface area contributed by atoms with Gasteiger partial charge in [0.1, 0.15) is 5.82 Å². The maximum absolute atomic E-state index is 13.5. The van der Waals surface area contributed by atoms with Gasteiger partial charge in [-0.15, -0.1) is 0 Å². The molecule has 1 heterocycles. The fourth-order valence-electron chi connectivity index (χ4n) is 3.48. The van der Waals surface area contributed by atoms with Crippen LogP contribution in [0.25, 0.3) is 11.0 Å². The predicted octanol–water partition coefficient (Wildman–Crippen LogP) is 8.11. The Balaban J connectivity index is 1.82. The molecular weight excluding hydrogens is 503 g/mol. The number of imidazole rings is 1. The Morgan fingerprint density at radius 2 is 1.44 bits per heavy atom. The molecule has 1 aromatic heterocycles. The minimum absolute atomic E-state index is 0.0916. The number of aromatic nitrogens is 2. The van der Waals surface area contributed by atoms with Crippen molar-refractivity contribution in [3.63, 3.8) is 0 Å². The zero-order valence-electron chi connectivity index (χ0n) is 17.1. The smallest absolute Gasteiger partial charge is 0.360 e. The summed E-state index contributed by atoms with van der Waals surface area (Å²) in [5.74, 6) is 0.359. The molecule has 0 amide bonds. The molecule has 0 saturated heterocycles. The van der Waals surface area contributed by atoms with Gasteiger partial charge in [0.2, 0.25) is 0 Å². The lowest BCUT2D eigenvalue weighted by atomic mass is 10.1. The van der Waals surface area contributed by atoms with Crippen LogP contribution in [0.3, 0.4) is 0 Å². The molecule has 0 radical (unpaired) electrons. The maximum atomic E-state index is 13.5. The number of fused-ring (bicyclic) bond motifs is 1. The number of para-hydroxylation sites is 2. The second-order valence-corrected chi connectivity index (χ2v) is 8.40. The Kier molecular flexibility index (Phi) is 6.44. The molecule has 0 bridgehead atoms. The quantitative estimate of drug-likeness (QED) is 0.271. The van der Waals surface area contributed by atoms with Gasteiger partial charge < -0.3 is 9.88 Å². The average Bonchev–Trinajstić information content (AvgIpc) is 3.16. The Hall–Kier alpha value is -2.91. The Bertz CT molecular complexity index is 1270. The lowest BCUT2D eigenvalue weighted by Gasteiger charge is -2.26. The molecule has 0 aliphatic carbocycles. The van der Waals surface area contributed by atoms with E-state index < -0.39 is 23.5 Å². The van der Waals surface area contributed by atoms with E-state index in [2.05, 4.69) is 9.97 Å². The fraction of sp³-hybridized carbons (Fsp3) is 0.174. The number of nitrogens with zero attached hydrogens (tertiary/aromatic N) is 2. The molecule has 4 aromatic rings. The van der Waals surface area contributed by atoms with E-state index in [0.717, 1.165) is 0 Å². The van der Waals surface area contributed by atoms with Crippen LogP contribution >= 0.6 is 23.2 Å². The number of anilines is 1. The summed E-state index contributed by atoms with van der Waals surface area (Å²) in [6, 6.07) is 13.1. The number of rotatable bonds is 5. The Labute approximate surface area is 199 Å². The molecule has 0 atom stereocenters. The molecule has 0 aliphatic heterocycles. The molecule has 0 fully saturated rings. The zero-order valence-corrected chi connectivity index (χ0v) is 18.6. The first-order valence-electron chi connectivity index (χ1n) is 9.82. The highest BCUT2D eigenvalue weighted by molar-refractivity contribution is 6.35. The van der Waals surface area contributed by atoms with Crippen molar-refractivity contribution in [1.29, 1.82) is 0 Å². The van der Waals surface area contributed by atoms with E-state index in [-0.39, 0.29) is 29.9 Å². The lowest BCUT2D eigenvalue weighted by Crippen LogP contribution is -2.24. The molecule has 3 nitrogen and oxygen atoms in total. The molecule has 0 unspecified atom stereocenters. The van der Waals surface area contributed by atoms with Crippen molar-refractivity contribution in [3.8, 4) is 0 Å². The number of halogens is 8. The van der Waals surface area contributed by atoms with Gasteiger partial charge in [0, 0.05) is 22.3 Å². The predicted molar refractivity (Wildman–Crippen MR) is 119 cm³/mol. The number of hydrogen-bond donors (Lipinski definition) is 1. The number of H-pyrrole nitrogens is 1. The van der Waals surface area contributed by atoms with Crippen LogP contribution in [-0.4, -0.2) is 9.97 Å². The van der Waals surface area contributed by atoms with Crippen molar-refractivity contribution in [1.82, 2.24) is 9.97 Å². The van der Waals surface area contributed by atoms with Gasteiger partial charge in [-0.1, -0.05) is 41.4 Å². The van der Waals surface area contributed by atoms with E-state index in [9.17, 15) is 26.3 Å². The van der Waals surface area contributed by atoms with Gasteiger partial charge >= 0.3 is 12.4 Å². The largest absolute Gasteiger partial charge is 0.416 e. The monoisotopic (exact) mass is 517 g/mol. The van der Waals surface area contributed by atoms with E-state index in [1.165, 1.54) is 17.0 Å². The normalized spacial score (nSPS) is 12.4. The first-order valence-corrected chi connectivity index (χ1v) is 10.6. The Morgan fingerprint density at radius 3 is 2.03 bits per heavy atom. The molecule has 11 heteroatoms. The molecule has 1 N–H and O–H groups in total. The number of alkyl halides is 6. The number of aromatic amines is 1. The molecule has 0 aliphatic rings. The summed E-state index contributed by atoms with van der Waals surface area (Å²) in [6.07, 6.45) is -9.95. The third-order valence-corrected chi connectivity index (χ3v) is 5.68. The van der Waals surface area contributed by atoms with Crippen molar-refractivity contribution in [3.05, 3.63) is 93.2 Å². The molecule has 178 valence electrons. The summed E-state index contributed by atoms with van der Waals surface area (Å²) < 4.78 is 80.8.